The average Bonchev–Trinajstić information content (AvgIpc) is 2.47. The van der Waals surface area contributed by atoms with Crippen LogP contribution in [-0.4, -0.2) is 47.8 Å². The smallest absolute Gasteiger partial charge is 0.119 e. The predicted octanol–water partition coefficient (Wildman–Crippen LogP) is 1.79. The van der Waals surface area contributed by atoms with Crippen LogP contribution < -0.4 is 10.5 Å². The molecule has 1 aromatic rings. The second-order valence-electron chi connectivity index (χ2n) is 4.60. The van der Waals surface area contributed by atoms with Gasteiger partial charge in [0, 0.05) is 25.3 Å². The minimum atomic E-state index is 0.252. The Hall–Kier alpha value is -1.17. The molecule has 0 heterocycles. The number of benzene rings is 1. The lowest BCUT2D eigenvalue weighted by molar-refractivity contribution is 0.213. The van der Waals surface area contributed by atoms with E-state index < -0.39 is 0 Å². The van der Waals surface area contributed by atoms with Gasteiger partial charge < -0.3 is 20.5 Å². The van der Waals surface area contributed by atoms with Crippen LogP contribution in [0.25, 0.3) is 0 Å². The first-order valence-corrected chi connectivity index (χ1v) is 7.44. The maximum absolute atomic E-state index is 8.82. The number of aliphatic hydroxyl groups excluding tert-OH is 1. The van der Waals surface area contributed by atoms with Crippen molar-refractivity contribution >= 4 is 17.2 Å². The zero-order valence-corrected chi connectivity index (χ0v) is 12.9. The molecule has 0 radical (unpaired) electrons. The highest BCUT2D eigenvalue weighted by Crippen LogP contribution is 2.12. The molecule has 0 aliphatic heterocycles. The lowest BCUT2D eigenvalue weighted by Gasteiger charge is -2.19. The summed E-state index contributed by atoms with van der Waals surface area (Å²) in [5, 5.41) is 8.82. The van der Waals surface area contributed by atoms with Crippen LogP contribution in [0.4, 0.5) is 0 Å². The topological polar surface area (TPSA) is 58.7 Å². The number of rotatable bonds is 10. The Labute approximate surface area is 126 Å². The van der Waals surface area contributed by atoms with Crippen molar-refractivity contribution in [2.45, 2.75) is 19.8 Å². The molecule has 5 heteroatoms. The fraction of sp³-hybridized carbons (Fsp3) is 0.533. The van der Waals surface area contributed by atoms with Gasteiger partial charge in [0.05, 0.1) is 6.61 Å². The maximum atomic E-state index is 8.82. The number of ether oxygens (including phenoxy) is 1. The molecule has 0 amide bonds. The lowest BCUT2D eigenvalue weighted by atomic mass is 10.2. The quantitative estimate of drug-likeness (QED) is 0.509. The summed E-state index contributed by atoms with van der Waals surface area (Å²) in [6, 6.07) is 7.52. The van der Waals surface area contributed by atoms with E-state index in [9.17, 15) is 0 Å². The highest BCUT2D eigenvalue weighted by atomic mass is 32.1. The second-order valence-corrected chi connectivity index (χ2v) is 5.04. The number of aliphatic hydroxyl groups is 1. The highest BCUT2D eigenvalue weighted by molar-refractivity contribution is 7.80. The standard InChI is InChI=1S/C15H24N2O2S/c1-2-17(9-3-11-18)10-4-12-19-14-7-5-13(6-8-14)15(16)20/h5-8,18H,2-4,9-12H2,1H3,(H2,16,20). The SMILES string of the molecule is CCN(CCCO)CCCOc1ccc(C(N)=S)cc1. The van der Waals surface area contributed by atoms with Crippen LogP contribution in [0.15, 0.2) is 24.3 Å². The molecule has 0 saturated heterocycles. The van der Waals surface area contributed by atoms with Crippen molar-refractivity contribution in [1.29, 1.82) is 0 Å². The third-order valence-electron chi connectivity index (χ3n) is 3.11. The molecule has 0 aliphatic rings. The van der Waals surface area contributed by atoms with Gasteiger partial charge in [-0.25, -0.2) is 0 Å². The average molecular weight is 296 g/mol. The van der Waals surface area contributed by atoms with E-state index >= 15 is 0 Å². The summed E-state index contributed by atoms with van der Waals surface area (Å²) in [5.41, 5.74) is 6.40. The molecule has 0 aromatic heterocycles. The summed E-state index contributed by atoms with van der Waals surface area (Å²) < 4.78 is 5.68. The summed E-state index contributed by atoms with van der Waals surface area (Å²) >= 11 is 4.90. The third kappa shape index (κ3) is 6.32. The number of nitrogens with zero attached hydrogens (tertiary/aromatic N) is 1. The fourth-order valence-electron chi connectivity index (χ4n) is 1.92. The summed E-state index contributed by atoms with van der Waals surface area (Å²) in [4.78, 5) is 2.72. The van der Waals surface area contributed by atoms with Crippen molar-refractivity contribution in [3.8, 4) is 5.75 Å². The summed E-state index contributed by atoms with van der Waals surface area (Å²) in [5.74, 6) is 0.836. The van der Waals surface area contributed by atoms with Gasteiger partial charge in [-0.1, -0.05) is 19.1 Å². The highest BCUT2D eigenvalue weighted by Gasteiger charge is 2.02. The third-order valence-corrected chi connectivity index (χ3v) is 3.34. The first-order chi connectivity index (χ1) is 9.67. The van der Waals surface area contributed by atoms with E-state index in [1.54, 1.807) is 0 Å². The van der Waals surface area contributed by atoms with Gasteiger partial charge in [0.25, 0.3) is 0 Å². The Morgan fingerprint density at radius 2 is 1.90 bits per heavy atom. The van der Waals surface area contributed by atoms with E-state index in [0.717, 1.165) is 43.8 Å². The molecule has 3 N–H and O–H groups in total. The van der Waals surface area contributed by atoms with Crippen LogP contribution in [0, 0.1) is 0 Å². The lowest BCUT2D eigenvalue weighted by Crippen LogP contribution is -2.27. The van der Waals surface area contributed by atoms with Crippen LogP contribution in [0.3, 0.4) is 0 Å². The van der Waals surface area contributed by atoms with E-state index in [1.165, 1.54) is 0 Å². The molecular formula is C15H24N2O2S. The van der Waals surface area contributed by atoms with Gasteiger partial charge in [-0.15, -0.1) is 0 Å². The summed E-state index contributed by atoms with van der Waals surface area (Å²) in [6.45, 7) is 6.00. The van der Waals surface area contributed by atoms with E-state index in [2.05, 4.69) is 11.8 Å². The van der Waals surface area contributed by atoms with Crippen LogP contribution >= 0.6 is 12.2 Å². The van der Waals surface area contributed by atoms with Gasteiger partial charge in [-0.05, 0) is 43.7 Å². The van der Waals surface area contributed by atoms with Crippen molar-refractivity contribution in [2.75, 3.05) is 32.8 Å². The van der Waals surface area contributed by atoms with Crippen molar-refractivity contribution in [2.24, 2.45) is 5.73 Å². The number of hydrogen-bond donors (Lipinski definition) is 2. The number of hydrogen-bond acceptors (Lipinski definition) is 4. The summed E-state index contributed by atoms with van der Waals surface area (Å²) in [6.07, 6.45) is 1.80. The Bertz CT molecular complexity index is 395. The van der Waals surface area contributed by atoms with Gasteiger partial charge in [-0.3, -0.25) is 0 Å². The van der Waals surface area contributed by atoms with Crippen LogP contribution in [0.1, 0.15) is 25.3 Å². The van der Waals surface area contributed by atoms with Crippen LogP contribution in [-0.2, 0) is 0 Å². The van der Waals surface area contributed by atoms with Crippen molar-refractivity contribution < 1.29 is 9.84 Å². The minimum absolute atomic E-state index is 0.252. The molecule has 0 bridgehead atoms. The molecule has 0 atom stereocenters. The first kappa shape index (κ1) is 16.9. The van der Waals surface area contributed by atoms with Gasteiger partial charge in [0.2, 0.25) is 0 Å². The van der Waals surface area contributed by atoms with Crippen LogP contribution in [0.5, 0.6) is 5.75 Å². The van der Waals surface area contributed by atoms with Gasteiger partial charge in [0.15, 0.2) is 0 Å². The molecule has 1 rings (SSSR count). The molecule has 0 spiro atoms. The fourth-order valence-corrected chi connectivity index (χ4v) is 2.05. The zero-order valence-electron chi connectivity index (χ0n) is 12.0. The number of thiocarbonyl (C=S) groups is 1. The van der Waals surface area contributed by atoms with Gasteiger partial charge >= 0.3 is 0 Å². The normalized spacial score (nSPS) is 10.8. The largest absolute Gasteiger partial charge is 0.494 e. The predicted molar refractivity (Wildman–Crippen MR) is 86.3 cm³/mol. The maximum Gasteiger partial charge on any atom is 0.119 e. The van der Waals surface area contributed by atoms with Gasteiger partial charge in [0.1, 0.15) is 10.7 Å². The molecule has 0 fully saturated rings. The molecule has 20 heavy (non-hydrogen) atoms. The zero-order chi connectivity index (χ0) is 14.8. The Morgan fingerprint density at radius 1 is 1.25 bits per heavy atom. The molecule has 0 saturated carbocycles. The molecule has 0 aliphatic carbocycles. The van der Waals surface area contributed by atoms with Crippen molar-refractivity contribution in [1.82, 2.24) is 4.90 Å². The Morgan fingerprint density at radius 3 is 2.45 bits per heavy atom. The Balaban J connectivity index is 2.24. The Kier molecular flexibility index (Phi) is 8.18. The van der Waals surface area contributed by atoms with Gasteiger partial charge in [-0.2, -0.15) is 0 Å². The molecular weight excluding hydrogens is 272 g/mol. The second kappa shape index (κ2) is 9.69. The van der Waals surface area contributed by atoms with E-state index in [1.807, 2.05) is 24.3 Å². The summed E-state index contributed by atoms with van der Waals surface area (Å²) in [7, 11) is 0. The molecule has 0 unspecified atom stereocenters. The van der Waals surface area contributed by atoms with E-state index in [0.29, 0.717) is 11.6 Å². The van der Waals surface area contributed by atoms with E-state index in [4.69, 9.17) is 27.8 Å². The molecule has 112 valence electrons. The van der Waals surface area contributed by atoms with Crippen molar-refractivity contribution in [3.05, 3.63) is 29.8 Å². The molecule has 1 aromatic carbocycles. The minimum Gasteiger partial charge on any atom is -0.494 e. The first-order valence-electron chi connectivity index (χ1n) is 7.03. The van der Waals surface area contributed by atoms with E-state index in [-0.39, 0.29) is 6.61 Å². The van der Waals surface area contributed by atoms with Crippen molar-refractivity contribution in [3.63, 3.8) is 0 Å². The number of nitrogens with two attached hydrogens (primary N) is 1. The molecule has 4 nitrogen and oxygen atoms in total. The monoisotopic (exact) mass is 296 g/mol. The van der Waals surface area contributed by atoms with Crippen LogP contribution in [0.2, 0.25) is 0 Å².